The van der Waals surface area contributed by atoms with Crippen molar-refractivity contribution in [2.45, 2.75) is 6.54 Å². The quantitative estimate of drug-likeness (QED) is 0.238. The number of nitro groups is 1. The Morgan fingerprint density at radius 2 is 2.11 bits per heavy atom. The van der Waals surface area contributed by atoms with Crippen LogP contribution in [0.4, 0.5) is 5.69 Å². The van der Waals surface area contributed by atoms with Crippen LogP contribution in [-0.4, -0.2) is 15.4 Å². The minimum atomic E-state index is -0.502. The van der Waals surface area contributed by atoms with Crippen molar-refractivity contribution in [1.29, 1.82) is 0 Å². The van der Waals surface area contributed by atoms with Gasteiger partial charge in [-0.3, -0.25) is 14.9 Å². The number of rotatable bonds is 5. The maximum atomic E-state index is 12.3. The van der Waals surface area contributed by atoms with Gasteiger partial charge >= 0.3 is 0 Å². The molecule has 0 N–H and O–H groups in total. The van der Waals surface area contributed by atoms with Crippen molar-refractivity contribution in [2.75, 3.05) is 0 Å². The first-order valence-electron chi connectivity index (χ1n) is 8.00. The summed E-state index contributed by atoms with van der Waals surface area (Å²) in [7, 11) is 0. The molecule has 0 aliphatic carbocycles. The van der Waals surface area contributed by atoms with E-state index >= 15 is 0 Å². The third kappa shape index (κ3) is 4.22. The second kappa shape index (κ2) is 8.52. The Morgan fingerprint density at radius 1 is 1.32 bits per heavy atom. The summed E-state index contributed by atoms with van der Waals surface area (Å²) in [5.74, 6) is -0.502. The first-order valence-corrected chi connectivity index (χ1v) is 9.57. The van der Waals surface area contributed by atoms with Gasteiger partial charge in [-0.25, -0.2) is 0 Å². The van der Waals surface area contributed by atoms with Gasteiger partial charge in [-0.1, -0.05) is 52.7 Å². The summed E-state index contributed by atoms with van der Waals surface area (Å²) >= 11 is 13.7. The standard InChI is InChI=1S/C19H13Cl2N3O3S/c1-2-10-23-18-15(8-7-14(20)17(18)21)28-19(23)22-16(25)9-6-12-4-3-5-13(11-12)24(26)27/h2-9,11H,1,10H2/b9-6+,22-19?. The fourth-order valence-corrected chi connectivity index (χ4v) is 4.06. The van der Waals surface area contributed by atoms with Gasteiger partial charge in [0.25, 0.3) is 11.6 Å². The third-order valence-electron chi connectivity index (χ3n) is 3.75. The van der Waals surface area contributed by atoms with E-state index in [0.29, 0.717) is 32.5 Å². The number of thiazole rings is 1. The van der Waals surface area contributed by atoms with Crippen LogP contribution in [0.2, 0.25) is 10.0 Å². The number of aromatic nitrogens is 1. The molecule has 0 saturated carbocycles. The van der Waals surface area contributed by atoms with Crippen LogP contribution in [-0.2, 0) is 11.3 Å². The van der Waals surface area contributed by atoms with Gasteiger partial charge in [0.2, 0.25) is 0 Å². The molecular weight excluding hydrogens is 421 g/mol. The lowest BCUT2D eigenvalue weighted by Gasteiger charge is -2.03. The number of hydrogen-bond donors (Lipinski definition) is 0. The molecule has 3 rings (SSSR count). The van der Waals surface area contributed by atoms with Gasteiger partial charge in [-0.15, -0.1) is 6.58 Å². The van der Waals surface area contributed by atoms with E-state index in [-0.39, 0.29) is 5.69 Å². The van der Waals surface area contributed by atoms with Crippen molar-refractivity contribution < 1.29 is 9.72 Å². The van der Waals surface area contributed by atoms with Gasteiger partial charge in [-0.2, -0.15) is 4.99 Å². The molecular formula is C19H13Cl2N3O3S. The summed E-state index contributed by atoms with van der Waals surface area (Å²) < 4.78 is 2.60. The van der Waals surface area contributed by atoms with Crippen LogP contribution < -0.4 is 4.80 Å². The highest BCUT2D eigenvalue weighted by molar-refractivity contribution is 7.16. The second-order valence-electron chi connectivity index (χ2n) is 5.63. The monoisotopic (exact) mass is 433 g/mol. The zero-order valence-electron chi connectivity index (χ0n) is 14.3. The van der Waals surface area contributed by atoms with Crippen LogP contribution in [0, 0.1) is 10.1 Å². The van der Waals surface area contributed by atoms with E-state index in [1.54, 1.807) is 28.8 Å². The summed E-state index contributed by atoms with van der Waals surface area (Å²) in [4.78, 5) is 27.2. The molecule has 0 fully saturated rings. The molecule has 0 radical (unpaired) electrons. The minimum absolute atomic E-state index is 0.0496. The molecule has 142 valence electrons. The second-order valence-corrected chi connectivity index (χ2v) is 7.42. The molecule has 0 unspecified atom stereocenters. The number of amides is 1. The number of halogens is 2. The molecule has 6 nitrogen and oxygen atoms in total. The molecule has 1 heterocycles. The van der Waals surface area contributed by atoms with Crippen molar-refractivity contribution in [3.05, 3.63) is 85.7 Å². The number of carbonyl (C=O) groups excluding carboxylic acids is 1. The Morgan fingerprint density at radius 3 is 2.82 bits per heavy atom. The van der Waals surface area contributed by atoms with E-state index in [2.05, 4.69) is 11.6 Å². The number of carbonyl (C=O) groups is 1. The van der Waals surface area contributed by atoms with E-state index in [9.17, 15) is 14.9 Å². The third-order valence-corrected chi connectivity index (χ3v) is 5.59. The van der Waals surface area contributed by atoms with Gasteiger partial charge in [0.05, 0.1) is 25.2 Å². The maximum absolute atomic E-state index is 12.3. The van der Waals surface area contributed by atoms with Crippen LogP contribution >= 0.6 is 34.5 Å². The fourth-order valence-electron chi connectivity index (χ4n) is 2.53. The number of benzene rings is 2. The van der Waals surface area contributed by atoms with Crippen LogP contribution in [0.5, 0.6) is 0 Å². The average Bonchev–Trinajstić information content (AvgIpc) is 3.01. The number of allylic oxidation sites excluding steroid dienone is 1. The minimum Gasteiger partial charge on any atom is -0.311 e. The van der Waals surface area contributed by atoms with Crippen LogP contribution in [0.1, 0.15) is 5.56 Å². The predicted molar refractivity (Wildman–Crippen MR) is 113 cm³/mol. The maximum Gasteiger partial charge on any atom is 0.272 e. The number of nitro benzene ring substituents is 1. The Balaban J connectivity index is 2.00. The summed E-state index contributed by atoms with van der Waals surface area (Å²) in [5.41, 5.74) is 1.17. The molecule has 0 spiro atoms. The van der Waals surface area contributed by atoms with E-state index in [1.165, 1.54) is 35.6 Å². The Labute approximate surface area is 173 Å². The topological polar surface area (TPSA) is 77.5 Å². The summed E-state index contributed by atoms with van der Waals surface area (Å²) in [6.07, 6.45) is 4.41. The zero-order valence-corrected chi connectivity index (χ0v) is 16.7. The Bertz CT molecular complexity index is 1190. The van der Waals surface area contributed by atoms with Crippen LogP contribution in [0.3, 0.4) is 0 Å². The molecule has 0 atom stereocenters. The van der Waals surface area contributed by atoms with Crippen LogP contribution in [0.25, 0.3) is 16.3 Å². The normalized spacial score (nSPS) is 12.0. The molecule has 0 saturated heterocycles. The van der Waals surface area contributed by atoms with Crippen molar-refractivity contribution in [3.8, 4) is 0 Å². The number of nitrogens with zero attached hydrogens (tertiary/aromatic N) is 3. The molecule has 3 aromatic rings. The van der Waals surface area contributed by atoms with E-state index in [1.807, 2.05) is 6.07 Å². The van der Waals surface area contributed by atoms with Gasteiger partial charge in [0.15, 0.2) is 4.80 Å². The Hall–Kier alpha value is -2.74. The number of fused-ring (bicyclic) bond motifs is 1. The highest BCUT2D eigenvalue weighted by Gasteiger charge is 2.12. The van der Waals surface area contributed by atoms with Gasteiger partial charge < -0.3 is 4.57 Å². The van der Waals surface area contributed by atoms with Gasteiger partial charge in [0, 0.05) is 24.8 Å². The first-order chi connectivity index (χ1) is 13.4. The molecule has 0 aliphatic rings. The fraction of sp³-hybridized carbons (Fsp3) is 0.0526. The molecule has 9 heteroatoms. The highest BCUT2D eigenvalue weighted by Crippen LogP contribution is 2.32. The van der Waals surface area contributed by atoms with Crippen LogP contribution in [0.15, 0.2) is 60.1 Å². The lowest BCUT2D eigenvalue weighted by molar-refractivity contribution is -0.384. The molecule has 0 aliphatic heterocycles. The molecule has 1 aromatic heterocycles. The molecule has 1 amide bonds. The molecule has 2 aromatic carbocycles. The zero-order chi connectivity index (χ0) is 20.3. The average molecular weight is 434 g/mol. The van der Waals surface area contributed by atoms with E-state index in [0.717, 1.165) is 4.70 Å². The van der Waals surface area contributed by atoms with E-state index in [4.69, 9.17) is 23.2 Å². The summed E-state index contributed by atoms with van der Waals surface area (Å²) in [6, 6.07) is 9.48. The van der Waals surface area contributed by atoms with Crippen molar-refractivity contribution in [2.24, 2.45) is 4.99 Å². The highest BCUT2D eigenvalue weighted by atomic mass is 35.5. The SMILES string of the molecule is C=CCn1c(=NC(=O)/C=C/c2cccc([N+](=O)[O-])c2)sc2ccc(Cl)c(Cl)c21. The molecule has 28 heavy (non-hydrogen) atoms. The summed E-state index contributed by atoms with van der Waals surface area (Å²) in [5, 5.41) is 11.6. The van der Waals surface area contributed by atoms with Crippen molar-refractivity contribution in [1.82, 2.24) is 4.57 Å². The van der Waals surface area contributed by atoms with Crippen molar-refractivity contribution >= 4 is 62.4 Å². The van der Waals surface area contributed by atoms with Crippen molar-refractivity contribution in [3.63, 3.8) is 0 Å². The van der Waals surface area contributed by atoms with Gasteiger partial charge in [-0.05, 0) is 23.8 Å². The molecule has 0 bridgehead atoms. The summed E-state index contributed by atoms with van der Waals surface area (Å²) in [6.45, 7) is 4.13. The van der Waals surface area contributed by atoms with Gasteiger partial charge in [0.1, 0.15) is 0 Å². The lowest BCUT2D eigenvalue weighted by Crippen LogP contribution is -2.15. The predicted octanol–water partition coefficient (Wildman–Crippen LogP) is 5.24. The number of hydrogen-bond acceptors (Lipinski definition) is 4. The van der Waals surface area contributed by atoms with E-state index < -0.39 is 10.8 Å². The lowest BCUT2D eigenvalue weighted by atomic mass is 10.2. The smallest absolute Gasteiger partial charge is 0.272 e. The first kappa shape index (κ1) is 20.0. The number of non-ortho nitro benzene ring substituents is 1. The Kier molecular flexibility index (Phi) is 6.08. The largest absolute Gasteiger partial charge is 0.311 e.